The van der Waals surface area contributed by atoms with Crippen LogP contribution in [0.3, 0.4) is 0 Å². The first-order valence-electron chi connectivity index (χ1n) is 4.59. The molecule has 0 amide bonds. The molecule has 0 aliphatic heterocycles. The van der Waals surface area contributed by atoms with Crippen molar-refractivity contribution in [1.82, 2.24) is 0 Å². The van der Waals surface area contributed by atoms with Crippen LogP contribution in [0, 0.1) is 0 Å². The van der Waals surface area contributed by atoms with Crippen molar-refractivity contribution in [3.05, 3.63) is 29.3 Å². The number of carbonyl (C=O) groups excluding carboxylic acids is 2. The molecule has 1 rings (SSSR count). The van der Waals surface area contributed by atoms with Gasteiger partial charge in [0.05, 0.1) is 12.7 Å². The molecule has 6 nitrogen and oxygen atoms in total. The summed E-state index contributed by atoms with van der Waals surface area (Å²) in [6.45, 7) is 1.15. The van der Waals surface area contributed by atoms with Crippen LogP contribution in [0.1, 0.15) is 27.6 Å². The van der Waals surface area contributed by atoms with E-state index in [-0.39, 0.29) is 16.9 Å². The van der Waals surface area contributed by atoms with Crippen molar-refractivity contribution < 1.29 is 29.0 Å². The highest BCUT2D eigenvalue weighted by molar-refractivity contribution is 5.96. The quantitative estimate of drug-likeness (QED) is 0.626. The maximum atomic E-state index is 11.3. The zero-order valence-electron chi connectivity index (χ0n) is 9.22. The Morgan fingerprint density at radius 1 is 1.24 bits per heavy atom. The van der Waals surface area contributed by atoms with Crippen molar-refractivity contribution in [2.45, 2.75) is 6.92 Å². The van der Waals surface area contributed by atoms with Crippen LogP contribution in [0.15, 0.2) is 18.2 Å². The second kappa shape index (κ2) is 5.11. The molecule has 1 aromatic carbocycles. The van der Waals surface area contributed by atoms with Crippen LogP contribution in [0.4, 0.5) is 0 Å². The van der Waals surface area contributed by atoms with E-state index >= 15 is 0 Å². The second-order valence-corrected chi connectivity index (χ2v) is 3.10. The fraction of sp³-hybridized carbons (Fsp3) is 0.182. The van der Waals surface area contributed by atoms with E-state index in [9.17, 15) is 14.4 Å². The van der Waals surface area contributed by atoms with E-state index in [2.05, 4.69) is 4.74 Å². The van der Waals surface area contributed by atoms with Gasteiger partial charge < -0.3 is 14.6 Å². The van der Waals surface area contributed by atoms with Gasteiger partial charge in [0.2, 0.25) is 0 Å². The molecule has 1 N–H and O–H groups in total. The molecule has 0 radical (unpaired) electrons. The highest BCUT2D eigenvalue weighted by Crippen LogP contribution is 2.21. The molecule has 0 aliphatic rings. The fourth-order valence-corrected chi connectivity index (χ4v) is 1.17. The molecular weight excluding hydrogens is 228 g/mol. The maximum Gasteiger partial charge on any atom is 0.341 e. The summed E-state index contributed by atoms with van der Waals surface area (Å²) in [6.07, 6.45) is 0. The first kappa shape index (κ1) is 12.7. The van der Waals surface area contributed by atoms with Gasteiger partial charge in [0, 0.05) is 6.92 Å². The average Bonchev–Trinajstić information content (AvgIpc) is 2.27. The lowest BCUT2D eigenvalue weighted by Crippen LogP contribution is -2.10. The normalized spacial score (nSPS) is 9.53. The Morgan fingerprint density at radius 2 is 1.88 bits per heavy atom. The van der Waals surface area contributed by atoms with E-state index in [4.69, 9.17) is 9.84 Å². The number of rotatable bonds is 3. The number of methoxy groups -OCH3 is 1. The SMILES string of the molecule is COC(=O)c1ccc(C(=O)O)cc1OC(C)=O. The van der Waals surface area contributed by atoms with Crippen molar-refractivity contribution in [3.8, 4) is 5.75 Å². The van der Waals surface area contributed by atoms with Crippen LogP contribution in [0.5, 0.6) is 5.75 Å². The van der Waals surface area contributed by atoms with Crippen molar-refractivity contribution in [2.75, 3.05) is 7.11 Å². The standard InChI is InChI=1S/C11H10O6/c1-6(12)17-9-5-7(10(13)14)3-4-8(9)11(15)16-2/h3-5H,1-2H3,(H,13,14). The summed E-state index contributed by atoms with van der Waals surface area (Å²) < 4.78 is 9.24. The molecule has 90 valence electrons. The predicted octanol–water partition coefficient (Wildman–Crippen LogP) is 1.10. The van der Waals surface area contributed by atoms with Crippen LogP contribution in [0.25, 0.3) is 0 Å². The van der Waals surface area contributed by atoms with Gasteiger partial charge in [0.15, 0.2) is 0 Å². The minimum Gasteiger partial charge on any atom is -0.478 e. The Bertz CT molecular complexity index is 477. The summed E-state index contributed by atoms with van der Waals surface area (Å²) in [4.78, 5) is 32.9. The lowest BCUT2D eigenvalue weighted by molar-refractivity contribution is -0.131. The van der Waals surface area contributed by atoms with Crippen LogP contribution in [0.2, 0.25) is 0 Å². The minimum absolute atomic E-state index is 0.00676. The number of carboxylic acid groups (broad SMARTS) is 1. The molecule has 0 heterocycles. The zero-order valence-corrected chi connectivity index (χ0v) is 9.22. The van der Waals surface area contributed by atoms with Crippen molar-refractivity contribution >= 4 is 17.9 Å². The minimum atomic E-state index is -1.19. The largest absolute Gasteiger partial charge is 0.478 e. The van der Waals surface area contributed by atoms with E-state index in [1.54, 1.807) is 0 Å². The lowest BCUT2D eigenvalue weighted by Gasteiger charge is -2.08. The first-order chi connectivity index (χ1) is 7.95. The lowest BCUT2D eigenvalue weighted by atomic mass is 10.1. The maximum absolute atomic E-state index is 11.3. The number of benzene rings is 1. The van der Waals surface area contributed by atoms with Crippen molar-refractivity contribution in [1.29, 1.82) is 0 Å². The highest BCUT2D eigenvalue weighted by atomic mass is 16.5. The number of carboxylic acids is 1. The van der Waals surface area contributed by atoms with E-state index in [1.807, 2.05) is 0 Å². The number of carbonyl (C=O) groups is 3. The Kier molecular flexibility index (Phi) is 3.82. The van der Waals surface area contributed by atoms with Crippen LogP contribution in [-0.4, -0.2) is 30.1 Å². The van der Waals surface area contributed by atoms with E-state index in [1.165, 1.54) is 19.2 Å². The van der Waals surface area contributed by atoms with Gasteiger partial charge in [-0.2, -0.15) is 0 Å². The molecule has 6 heteroatoms. The van der Waals surface area contributed by atoms with Gasteiger partial charge in [0.1, 0.15) is 11.3 Å². The Hall–Kier alpha value is -2.37. The number of ether oxygens (including phenoxy) is 2. The second-order valence-electron chi connectivity index (χ2n) is 3.10. The number of aromatic carboxylic acids is 1. The number of esters is 2. The Balaban J connectivity index is 3.25. The smallest absolute Gasteiger partial charge is 0.341 e. The third kappa shape index (κ3) is 3.04. The summed E-state index contributed by atoms with van der Waals surface area (Å²) in [6, 6.07) is 3.55. The Morgan fingerprint density at radius 3 is 2.35 bits per heavy atom. The van der Waals surface area contributed by atoms with Crippen LogP contribution in [-0.2, 0) is 9.53 Å². The third-order valence-electron chi connectivity index (χ3n) is 1.89. The highest BCUT2D eigenvalue weighted by Gasteiger charge is 2.17. The molecule has 0 aliphatic carbocycles. The summed E-state index contributed by atoms with van der Waals surface area (Å²) in [5, 5.41) is 8.77. The van der Waals surface area contributed by atoms with Crippen LogP contribution < -0.4 is 4.74 Å². The van der Waals surface area contributed by atoms with Crippen molar-refractivity contribution in [2.24, 2.45) is 0 Å². The third-order valence-corrected chi connectivity index (χ3v) is 1.89. The summed E-state index contributed by atoms with van der Waals surface area (Å²) >= 11 is 0. The van der Waals surface area contributed by atoms with Gasteiger partial charge in [0.25, 0.3) is 0 Å². The Labute approximate surface area is 96.8 Å². The van der Waals surface area contributed by atoms with Gasteiger partial charge in [-0.05, 0) is 18.2 Å². The molecule has 1 aromatic rings. The number of hydrogen-bond acceptors (Lipinski definition) is 5. The fourth-order valence-electron chi connectivity index (χ4n) is 1.17. The molecule has 0 unspecified atom stereocenters. The zero-order chi connectivity index (χ0) is 13.0. The average molecular weight is 238 g/mol. The molecule has 0 spiro atoms. The molecule has 0 aromatic heterocycles. The number of hydrogen-bond donors (Lipinski definition) is 1. The van der Waals surface area contributed by atoms with Gasteiger partial charge in [-0.1, -0.05) is 0 Å². The van der Waals surface area contributed by atoms with Gasteiger partial charge in [-0.3, -0.25) is 4.79 Å². The molecule has 0 atom stereocenters. The van der Waals surface area contributed by atoms with E-state index < -0.39 is 17.9 Å². The molecule has 17 heavy (non-hydrogen) atoms. The summed E-state index contributed by atoms with van der Waals surface area (Å²) in [5.41, 5.74) is -0.0957. The summed E-state index contributed by atoms with van der Waals surface area (Å²) in [5.74, 6) is -2.69. The van der Waals surface area contributed by atoms with Gasteiger partial charge in [-0.15, -0.1) is 0 Å². The topological polar surface area (TPSA) is 89.9 Å². The molecule has 0 bridgehead atoms. The van der Waals surface area contributed by atoms with Crippen molar-refractivity contribution in [3.63, 3.8) is 0 Å². The van der Waals surface area contributed by atoms with Crippen LogP contribution >= 0.6 is 0 Å². The van der Waals surface area contributed by atoms with Gasteiger partial charge >= 0.3 is 17.9 Å². The summed E-state index contributed by atoms with van der Waals surface area (Å²) in [7, 11) is 1.17. The van der Waals surface area contributed by atoms with E-state index in [0.29, 0.717) is 0 Å². The monoisotopic (exact) mass is 238 g/mol. The predicted molar refractivity (Wildman–Crippen MR) is 56.0 cm³/mol. The molecule has 0 fully saturated rings. The van der Waals surface area contributed by atoms with Gasteiger partial charge in [-0.25, -0.2) is 9.59 Å². The molecule has 0 saturated heterocycles. The molecular formula is C11H10O6. The van der Waals surface area contributed by atoms with E-state index in [0.717, 1.165) is 13.0 Å². The first-order valence-corrected chi connectivity index (χ1v) is 4.59. The molecule has 0 saturated carbocycles.